The number of benzene rings is 2. The summed E-state index contributed by atoms with van der Waals surface area (Å²) < 4.78 is 39.9. The van der Waals surface area contributed by atoms with E-state index < -0.39 is 28.8 Å². The van der Waals surface area contributed by atoms with Crippen molar-refractivity contribution >= 4 is 23.7 Å². The largest absolute Gasteiger partial charge is 0.483 e. The molecule has 4 rings (SSSR count). The zero-order chi connectivity index (χ0) is 33.0. The molecule has 10 nitrogen and oxygen atoms in total. The lowest BCUT2D eigenvalue weighted by atomic mass is 10.1. The Hall–Kier alpha value is -4.49. The number of nitrogens with zero attached hydrogens (tertiary/aromatic N) is 4. The van der Waals surface area contributed by atoms with Crippen molar-refractivity contribution in [3.8, 4) is 16.3 Å². The summed E-state index contributed by atoms with van der Waals surface area (Å²) in [5.41, 5.74) is 3.75. The number of nitrogens with two attached hydrogens (primary N) is 1. The second kappa shape index (κ2) is 16.4. The standard InChI is InChI=1S/C28H26F2N4O5S.C2H6.CH5N/c1-28(2,3)39-27(37)33(4)34-14-20(24(36)25(22(34)15-35)38-16-17-8-6-5-7-9-17)26-32-31-23(40-26)12-18-10-11-19(29)13-21(18)30;2*1-2/h5-11,13-15H,12,16H2,1-4H3;1-2H3;2H2,1H3. The fraction of sp³-hybridized carbons (Fsp3) is 0.323. The minimum atomic E-state index is -0.828. The van der Waals surface area contributed by atoms with E-state index in [1.54, 1.807) is 45.0 Å². The van der Waals surface area contributed by atoms with E-state index in [2.05, 4.69) is 15.9 Å². The van der Waals surface area contributed by atoms with Crippen LogP contribution in [0.3, 0.4) is 0 Å². The van der Waals surface area contributed by atoms with Crippen molar-refractivity contribution in [2.24, 2.45) is 5.73 Å². The van der Waals surface area contributed by atoms with E-state index in [0.717, 1.165) is 38.7 Å². The highest BCUT2D eigenvalue weighted by Crippen LogP contribution is 2.27. The molecule has 0 radical (unpaired) electrons. The number of carbonyl (C=O) groups is 2. The first-order valence-electron chi connectivity index (χ1n) is 13.7. The van der Waals surface area contributed by atoms with Crippen molar-refractivity contribution < 1.29 is 27.8 Å². The highest BCUT2D eigenvalue weighted by Gasteiger charge is 2.27. The number of ether oxygens (including phenoxy) is 2. The summed E-state index contributed by atoms with van der Waals surface area (Å²) in [6.45, 7) is 9.05. The Morgan fingerprint density at radius 2 is 1.75 bits per heavy atom. The third kappa shape index (κ3) is 9.25. The predicted molar refractivity (Wildman–Crippen MR) is 167 cm³/mol. The minimum Gasteiger partial charge on any atom is -0.483 e. The van der Waals surface area contributed by atoms with Gasteiger partial charge in [-0.2, -0.15) is 0 Å². The molecular formula is C31H37F2N5O5S. The number of amides is 1. The first kappa shape index (κ1) is 35.7. The summed E-state index contributed by atoms with van der Waals surface area (Å²) in [5.74, 6) is -1.73. The van der Waals surface area contributed by atoms with Gasteiger partial charge in [0.2, 0.25) is 5.43 Å². The van der Waals surface area contributed by atoms with E-state index in [1.807, 2.05) is 19.9 Å². The molecule has 4 aromatic rings. The van der Waals surface area contributed by atoms with Gasteiger partial charge in [0.15, 0.2) is 17.0 Å². The van der Waals surface area contributed by atoms with Crippen LogP contribution in [0.1, 0.15) is 61.2 Å². The quantitative estimate of drug-likeness (QED) is 0.245. The number of rotatable bonds is 8. The molecule has 0 aliphatic carbocycles. The molecule has 0 atom stereocenters. The summed E-state index contributed by atoms with van der Waals surface area (Å²) in [5, 5.41) is 9.69. The van der Waals surface area contributed by atoms with Crippen molar-refractivity contribution in [3.05, 3.63) is 98.4 Å². The molecule has 2 N–H and O–H groups in total. The Balaban J connectivity index is 0.00000162. The van der Waals surface area contributed by atoms with Crippen LogP contribution in [0.15, 0.2) is 59.5 Å². The molecule has 13 heteroatoms. The van der Waals surface area contributed by atoms with E-state index in [0.29, 0.717) is 11.3 Å². The number of carbonyl (C=O) groups excluding carboxylic acids is 2. The topological polar surface area (TPSA) is 130 Å². The first-order valence-corrected chi connectivity index (χ1v) is 14.5. The van der Waals surface area contributed by atoms with Gasteiger partial charge < -0.3 is 15.2 Å². The lowest BCUT2D eigenvalue weighted by molar-refractivity contribution is 0.0549. The molecule has 0 aliphatic heterocycles. The summed E-state index contributed by atoms with van der Waals surface area (Å²) >= 11 is 1.01. The number of aldehydes is 1. The van der Waals surface area contributed by atoms with Gasteiger partial charge >= 0.3 is 6.09 Å². The van der Waals surface area contributed by atoms with Gasteiger partial charge in [0.1, 0.15) is 34.5 Å². The second-order valence-corrected chi connectivity index (χ2v) is 10.8. The van der Waals surface area contributed by atoms with Gasteiger partial charge in [0.25, 0.3) is 0 Å². The van der Waals surface area contributed by atoms with Crippen LogP contribution in [0.5, 0.6) is 5.75 Å². The van der Waals surface area contributed by atoms with Crippen LogP contribution >= 0.6 is 11.3 Å². The molecule has 0 saturated carbocycles. The van der Waals surface area contributed by atoms with Gasteiger partial charge in [-0.1, -0.05) is 61.6 Å². The van der Waals surface area contributed by atoms with Gasteiger partial charge in [-0.25, -0.2) is 23.3 Å². The molecule has 0 saturated heterocycles. The number of hydrogen-bond donors (Lipinski definition) is 1. The Morgan fingerprint density at radius 1 is 1.09 bits per heavy atom. The number of halogens is 2. The smallest absolute Gasteiger partial charge is 0.429 e. The summed E-state index contributed by atoms with van der Waals surface area (Å²) in [6.07, 6.45) is 0.909. The Labute approximate surface area is 259 Å². The molecule has 0 bridgehead atoms. The van der Waals surface area contributed by atoms with Crippen LogP contribution in [0.25, 0.3) is 10.6 Å². The molecule has 1 amide bonds. The monoisotopic (exact) mass is 629 g/mol. The van der Waals surface area contributed by atoms with Crippen molar-refractivity contribution in [1.29, 1.82) is 0 Å². The maximum atomic E-state index is 14.2. The molecule has 2 aromatic carbocycles. The molecule has 0 unspecified atom stereocenters. The molecule has 236 valence electrons. The van der Waals surface area contributed by atoms with Crippen molar-refractivity contribution in [2.75, 3.05) is 19.1 Å². The fourth-order valence-corrected chi connectivity index (χ4v) is 4.52. The predicted octanol–water partition coefficient (Wildman–Crippen LogP) is 5.73. The third-order valence-electron chi connectivity index (χ3n) is 5.55. The number of pyridine rings is 1. The maximum Gasteiger partial charge on any atom is 0.429 e. The first-order chi connectivity index (χ1) is 21.0. The van der Waals surface area contributed by atoms with Crippen LogP contribution in [0.4, 0.5) is 13.6 Å². The molecule has 0 aliphatic rings. The van der Waals surface area contributed by atoms with Crippen molar-refractivity contribution in [1.82, 2.24) is 14.9 Å². The lowest BCUT2D eigenvalue weighted by Crippen LogP contribution is -2.42. The van der Waals surface area contributed by atoms with Gasteiger partial charge in [0.05, 0.1) is 5.56 Å². The number of hydrogen-bond acceptors (Lipinski definition) is 9. The van der Waals surface area contributed by atoms with Crippen molar-refractivity contribution in [3.63, 3.8) is 0 Å². The molecule has 44 heavy (non-hydrogen) atoms. The van der Waals surface area contributed by atoms with Crippen LogP contribution in [0.2, 0.25) is 0 Å². The van der Waals surface area contributed by atoms with E-state index in [9.17, 15) is 23.2 Å². The van der Waals surface area contributed by atoms with E-state index >= 15 is 0 Å². The maximum absolute atomic E-state index is 14.2. The summed E-state index contributed by atoms with van der Waals surface area (Å²) in [7, 11) is 2.87. The third-order valence-corrected chi connectivity index (χ3v) is 6.51. The van der Waals surface area contributed by atoms with E-state index in [-0.39, 0.29) is 40.6 Å². The van der Waals surface area contributed by atoms with Crippen LogP contribution < -0.4 is 20.9 Å². The summed E-state index contributed by atoms with van der Waals surface area (Å²) in [4.78, 5) is 38.7. The average molecular weight is 630 g/mol. The van der Waals surface area contributed by atoms with Gasteiger partial charge in [0, 0.05) is 25.7 Å². The Bertz CT molecular complexity index is 1600. The van der Waals surface area contributed by atoms with E-state index in [1.165, 1.54) is 26.4 Å². The zero-order valence-corrected chi connectivity index (χ0v) is 26.6. The zero-order valence-electron chi connectivity index (χ0n) is 25.8. The van der Waals surface area contributed by atoms with Gasteiger partial charge in [-0.15, -0.1) is 10.2 Å². The normalized spacial score (nSPS) is 10.5. The van der Waals surface area contributed by atoms with E-state index in [4.69, 9.17) is 9.47 Å². The SMILES string of the molecule is CC.CN.CN(C(=O)OC(C)(C)C)n1cc(-c2nnc(Cc3ccc(F)cc3F)s2)c(=O)c(OCc2ccccc2)c1C=O. The molecular weight excluding hydrogens is 592 g/mol. The highest BCUT2D eigenvalue weighted by molar-refractivity contribution is 7.14. The highest BCUT2D eigenvalue weighted by atomic mass is 32.1. The van der Waals surface area contributed by atoms with Crippen LogP contribution in [-0.4, -0.2) is 46.9 Å². The number of aromatic nitrogens is 3. The van der Waals surface area contributed by atoms with Crippen molar-refractivity contribution in [2.45, 2.75) is 53.2 Å². The Morgan fingerprint density at radius 3 is 2.34 bits per heavy atom. The molecule has 0 spiro atoms. The second-order valence-electron chi connectivity index (χ2n) is 9.74. The Kier molecular flexibility index (Phi) is 13.3. The average Bonchev–Trinajstić information content (AvgIpc) is 3.47. The minimum absolute atomic E-state index is 0.00704. The molecule has 2 heterocycles. The van der Waals surface area contributed by atoms with Gasteiger partial charge in [-0.3, -0.25) is 9.59 Å². The lowest BCUT2D eigenvalue weighted by Gasteiger charge is -2.27. The fourth-order valence-electron chi connectivity index (χ4n) is 3.65. The summed E-state index contributed by atoms with van der Waals surface area (Å²) in [6, 6.07) is 12.2. The molecule has 2 aromatic heterocycles. The van der Waals surface area contributed by atoms with Crippen LogP contribution in [-0.2, 0) is 17.8 Å². The van der Waals surface area contributed by atoms with Crippen LogP contribution in [0, 0.1) is 11.6 Å². The van der Waals surface area contributed by atoms with Gasteiger partial charge in [-0.05, 0) is 45.0 Å². The molecule has 0 fully saturated rings.